The lowest BCUT2D eigenvalue weighted by molar-refractivity contribution is -0.386. The maximum Gasteiger partial charge on any atom is 0.280 e. The Morgan fingerprint density at radius 2 is 1.80 bits per heavy atom. The van der Waals surface area contributed by atoms with Gasteiger partial charge in [0.15, 0.2) is 0 Å². The molecule has 0 heterocycles. The van der Waals surface area contributed by atoms with Crippen LogP contribution < -0.4 is 0 Å². The summed E-state index contributed by atoms with van der Waals surface area (Å²) in [5, 5.41) is 19.7. The van der Waals surface area contributed by atoms with Crippen LogP contribution >= 0.6 is 34.8 Å². The molecule has 0 spiro atoms. The molecule has 0 unspecified atom stereocenters. The highest BCUT2D eigenvalue weighted by Crippen LogP contribution is 2.41. The molecule has 0 bridgehead atoms. The fourth-order valence-electron chi connectivity index (χ4n) is 1.22. The molecule has 0 aliphatic carbocycles. The van der Waals surface area contributed by atoms with E-state index in [1.807, 2.05) is 0 Å². The average Bonchev–Trinajstić information content (AvgIpc) is 2.19. The van der Waals surface area contributed by atoms with E-state index in [9.17, 15) is 10.1 Å². The lowest BCUT2D eigenvalue weighted by Gasteiger charge is -2.09. The molecule has 1 aromatic rings. The first-order valence-corrected chi connectivity index (χ1v) is 4.96. The van der Waals surface area contributed by atoms with Gasteiger partial charge < -0.3 is 5.11 Å². The SMILES string of the molecule is Cc1c(Cl)c(Cl)c(Cl)c(CO)c1[N+](=O)[O-]. The first-order valence-electron chi connectivity index (χ1n) is 3.83. The van der Waals surface area contributed by atoms with Crippen LogP contribution in [0.3, 0.4) is 0 Å². The predicted octanol–water partition coefficient (Wildman–Crippen LogP) is 3.36. The lowest BCUT2D eigenvalue weighted by Crippen LogP contribution is -2.00. The molecule has 0 fully saturated rings. The monoisotopic (exact) mass is 269 g/mol. The van der Waals surface area contributed by atoms with Gasteiger partial charge in [0.25, 0.3) is 5.69 Å². The minimum absolute atomic E-state index is 0.0190. The molecule has 7 heteroatoms. The van der Waals surface area contributed by atoms with Crippen LogP contribution in [-0.2, 0) is 6.61 Å². The number of nitro groups is 1. The van der Waals surface area contributed by atoms with Crippen LogP contribution in [0.4, 0.5) is 5.69 Å². The van der Waals surface area contributed by atoms with Gasteiger partial charge in [-0.25, -0.2) is 0 Å². The second-order valence-corrected chi connectivity index (χ2v) is 3.94. The van der Waals surface area contributed by atoms with E-state index in [1.54, 1.807) is 0 Å². The van der Waals surface area contributed by atoms with E-state index >= 15 is 0 Å². The molecule has 0 saturated heterocycles. The van der Waals surface area contributed by atoms with Crippen LogP contribution in [0.25, 0.3) is 0 Å². The summed E-state index contributed by atoms with van der Waals surface area (Å²) in [6.45, 7) is 0.884. The van der Waals surface area contributed by atoms with Gasteiger partial charge in [-0.3, -0.25) is 10.1 Å². The number of hydrogen-bond acceptors (Lipinski definition) is 3. The Balaban J connectivity index is 3.70. The molecule has 0 aliphatic rings. The highest BCUT2D eigenvalue weighted by molar-refractivity contribution is 6.49. The summed E-state index contributed by atoms with van der Waals surface area (Å²) in [5.74, 6) is 0. The van der Waals surface area contributed by atoms with Crippen molar-refractivity contribution in [3.63, 3.8) is 0 Å². The molecule has 1 rings (SSSR count). The third-order valence-electron chi connectivity index (χ3n) is 1.96. The van der Waals surface area contributed by atoms with Crippen molar-refractivity contribution in [1.29, 1.82) is 0 Å². The molecule has 0 radical (unpaired) electrons. The molecule has 1 N–H and O–H groups in total. The second-order valence-electron chi connectivity index (χ2n) is 2.81. The normalized spacial score (nSPS) is 10.5. The molecular formula is C8H6Cl3NO3. The van der Waals surface area contributed by atoms with Crippen LogP contribution in [0.1, 0.15) is 11.1 Å². The fraction of sp³-hybridized carbons (Fsp3) is 0.250. The smallest absolute Gasteiger partial charge is 0.280 e. The zero-order valence-electron chi connectivity index (χ0n) is 7.55. The van der Waals surface area contributed by atoms with Gasteiger partial charge in [0.05, 0.1) is 32.2 Å². The van der Waals surface area contributed by atoms with Gasteiger partial charge in [-0.1, -0.05) is 34.8 Å². The van der Waals surface area contributed by atoms with E-state index in [1.165, 1.54) is 6.92 Å². The topological polar surface area (TPSA) is 63.4 Å². The van der Waals surface area contributed by atoms with Gasteiger partial charge in [-0.05, 0) is 6.92 Å². The van der Waals surface area contributed by atoms with Crippen LogP contribution in [0.2, 0.25) is 15.1 Å². The Labute approximate surface area is 101 Å². The number of benzene rings is 1. The predicted molar refractivity (Wildman–Crippen MR) is 58.8 cm³/mol. The van der Waals surface area contributed by atoms with Gasteiger partial charge in [-0.15, -0.1) is 0 Å². The van der Waals surface area contributed by atoms with Crippen molar-refractivity contribution >= 4 is 40.5 Å². The van der Waals surface area contributed by atoms with Gasteiger partial charge in [-0.2, -0.15) is 0 Å². The largest absolute Gasteiger partial charge is 0.391 e. The molecule has 82 valence electrons. The third-order valence-corrected chi connectivity index (χ3v) is 3.42. The molecule has 0 atom stereocenters. The van der Waals surface area contributed by atoms with Gasteiger partial charge in [0.1, 0.15) is 0 Å². The van der Waals surface area contributed by atoms with Crippen LogP contribution in [0.5, 0.6) is 0 Å². The highest BCUT2D eigenvalue weighted by atomic mass is 35.5. The number of hydrogen-bond donors (Lipinski definition) is 1. The Bertz CT molecular complexity index is 434. The van der Waals surface area contributed by atoms with Gasteiger partial charge in [0.2, 0.25) is 0 Å². The highest BCUT2D eigenvalue weighted by Gasteiger charge is 2.25. The lowest BCUT2D eigenvalue weighted by atomic mass is 10.1. The summed E-state index contributed by atoms with van der Waals surface area (Å²) in [5.41, 5.74) is -0.120. The van der Waals surface area contributed by atoms with Gasteiger partial charge in [0, 0.05) is 5.56 Å². The van der Waals surface area contributed by atoms with Crippen molar-refractivity contribution in [2.24, 2.45) is 0 Å². The zero-order valence-corrected chi connectivity index (χ0v) is 9.82. The Kier molecular flexibility index (Phi) is 3.78. The maximum absolute atomic E-state index is 10.8. The number of rotatable bonds is 2. The molecular weight excluding hydrogens is 264 g/mol. The van der Waals surface area contributed by atoms with E-state index in [0.29, 0.717) is 0 Å². The Morgan fingerprint density at radius 3 is 2.20 bits per heavy atom. The fourth-order valence-corrected chi connectivity index (χ4v) is 1.95. The molecule has 15 heavy (non-hydrogen) atoms. The summed E-state index contributed by atoms with van der Waals surface area (Å²) in [4.78, 5) is 10.1. The molecule has 4 nitrogen and oxygen atoms in total. The number of halogens is 3. The van der Waals surface area contributed by atoms with Crippen molar-refractivity contribution in [3.05, 3.63) is 36.3 Å². The Hall–Kier alpha value is -0.550. The minimum Gasteiger partial charge on any atom is -0.391 e. The summed E-state index contributed by atoms with van der Waals surface area (Å²) in [7, 11) is 0. The molecule has 0 amide bonds. The second kappa shape index (κ2) is 4.53. The summed E-state index contributed by atoms with van der Waals surface area (Å²) >= 11 is 17.2. The molecule has 1 aromatic carbocycles. The standard InChI is InChI=1S/C8H6Cl3NO3/c1-3-5(9)7(11)6(10)4(2-13)8(3)12(14)15/h13H,2H2,1H3. The third kappa shape index (κ3) is 2.03. The zero-order chi connectivity index (χ0) is 11.7. The van der Waals surface area contributed by atoms with Gasteiger partial charge >= 0.3 is 0 Å². The van der Waals surface area contributed by atoms with Crippen molar-refractivity contribution in [2.45, 2.75) is 13.5 Å². The number of nitrogens with zero attached hydrogens (tertiary/aromatic N) is 1. The van der Waals surface area contributed by atoms with E-state index in [4.69, 9.17) is 39.9 Å². The maximum atomic E-state index is 10.8. The van der Waals surface area contributed by atoms with Crippen LogP contribution in [-0.4, -0.2) is 10.0 Å². The van der Waals surface area contributed by atoms with E-state index in [-0.39, 0.29) is 31.9 Å². The molecule has 0 aromatic heterocycles. The van der Waals surface area contributed by atoms with E-state index in [2.05, 4.69) is 0 Å². The molecule has 0 aliphatic heterocycles. The number of aliphatic hydroxyl groups excluding tert-OH is 1. The first-order chi connectivity index (χ1) is 6.91. The number of aliphatic hydroxyl groups is 1. The number of nitro benzene ring substituents is 1. The molecule has 0 saturated carbocycles. The Morgan fingerprint density at radius 1 is 1.27 bits per heavy atom. The van der Waals surface area contributed by atoms with Crippen LogP contribution in [0, 0.1) is 17.0 Å². The van der Waals surface area contributed by atoms with Crippen molar-refractivity contribution in [3.8, 4) is 0 Å². The summed E-state index contributed by atoms with van der Waals surface area (Å²) in [6.07, 6.45) is 0. The van der Waals surface area contributed by atoms with E-state index < -0.39 is 11.5 Å². The summed E-state index contributed by atoms with van der Waals surface area (Å²) in [6, 6.07) is 0. The van der Waals surface area contributed by atoms with Crippen molar-refractivity contribution in [1.82, 2.24) is 0 Å². The van der Waals surface area contributed by atoms with Crippen molar-refractivity contribution in [2.75, 3.05) is 0 Å². The minimum atomic E-state index is -0.644. The van der Waals surface area contributed by atoms with Crippen molar-refractivity contribution < 1.29 is 10.0 Å². The quantitative estimate of drug-likeness (QED) is 0.509. The average molecular weight is 270 g/mol. The van der Waals surface area contributed by atoms with Crippen LogP contribution in [0.15, 0.2) is 0 Å². The van der Waals surface area contributed by atoms with E-state index in [0.717, 1.165) is 0 Å². The first kappa shape index (κ1) is 12.5. The summed E-state index contributed by atoms with van der Waals surface area (Å²) < 4.78 is 0.